The van der Waals surface area contributed by atoms with Crippen molar-refractivity contribution in [1.29, 1.82) is 0 Å². The van der Waals surface area contributed by atoms with Crippen LogP contribution in [0.3, 0.4) is 0 Å². The summed E-state index contributed by atoms with van der Waals surface area (Å²) < 4.78 is 0. The van der Waals surface area contributed by atoms with Gasteiger partial charge in [-0.25, -0.2) is 4.98 Å². The molecule has 0 radical (unpaired) electrons. The van der Waals surface area contributed by atoms with E-state index in [2.05, 4.69) is 4.98 Å². The highest BCUT2D eigenvalue weighted by atomic mass is 32.1. The van der Waals surface area contributed by atoms with E-state index in [0.717, 1.165) is 4.88 Å². The van der Waals surface area contributed by atoms with Gasteiger partial charge in [0, 0.05) is 22.6 Å². The lowest BCUT2D eigenvalue weighted by Crippen LogP contribution is -2.08. The van der Waals surface area contributed by atoms with Gasteiger partial charge in [0.15, 0.2) is 0 Å². The van der Waals surface area contributed by atoms with Crippen molar-refractivity contribution in [3.8, 4) is 10.6 Å². The van der Waals surface area contributed by atoms with E-state index < -0.39 is 16.8 Å². The molecule has 6 nitrogen and oxygen atoms in total. The number of aryl methyl sites for hydroxylation is 1. The Hall–Kier alpha value is -2.28. The van der Waals surface area contributed by atoms with Gasteiger partial charge in [0.2, 0.25) is 0 Å². The number of nitro groups is 1. The summed E-state index contributed by atoms with van der Waals surface area (Å²) in [5, 5.41) is 20.6. The van der Waals surface area contributed by atoms with Crippen LogP contribution < -0.4 is 0 Å². The number of carboxylic acid groups (broad SMARTS) is 1. The largest absolute Gasteiger partial charge is 0.481 e. The molecule has 1 aromatic carbocycles. The fourth-order valence-electron chi connectivity index (χ4n) is 2.34. The molecule has 7 heteroatoms. The van der Waals surface area contributed by atoms with Gasteiger partial charge in [-0.3, -0.25) is 14.9 Å². The lowest BCUT2D eigenvalue weighted by molar-refractivity contribution is -0.384. The van der Waals surface area contributed by atoms with E-state index in [9.17, 15) is 14.9 Å². The molecule has 20 heavy (non-hydrogen) atoms. The molecule has 1 unspecified atom stereocenters. The zero-order chi connectivity index (χ0) is 14.3. The van der Waals surface area contributed by atoms with Crippen LogP contribution in [-0.2, 0) is 11.2 Å². The van der Waals surface area contributed by atoms with Crippen molar-refractivity contribution in [3.05, 3.63) is 45.0 Å². The first-order valence-electron chi connectivity index (χ1n) is 6.03. The van der Waals surface area contributed by atoms with Gasteiger partial charge in [-0.05, 0) is 12.8 Å². The summed E-state index contributed by atoms with van der Waals surface area (Å²) in [6.07, 6.45) is 1.29. The minimum Gasteiger partial charge on any atom is -0.481 e. The van der Waals surface area contributed by atoms with Crippen molar-refractivity contribution in [1.82, 2.24) is 4.98 Å². The zero-order valence-corrected chi connectivity index (χ0v) is 11.1. The van der Waals surface area contributed by atoms with Gasteiger partial charge in [-0.15, -0.1) is 11.3 Å². The second-order valence-electron chi connectivity index (χ2n) is 4.56. The number of aromatic nitrogens is 1. The molecular formula is C13H10N2O4S. The van der Waals surface area contributed by atoms with Crippen LogP contribution in [0.5, 0.6) is 0 Å². The summed E-state index contributed by atoms with van der Waals surface area (Å²) in [6.45, 7) is 0. The predicted octanol–water partition coefficient (Wildman–Crippen LogP) is 2.83. The van der Waals surface area contributed by atoms with E-state index in [1.165, 1.54) is 23.5 Å². The number of carboxylic acids is 1. The van der Waals surface area contributed by atoms with Crippen molar-refractivity contribution < 1.29 is 14.8 Å². The number of fused-ring (bicyclic) bond motifs is 1. The number of rotatable bonds is 3. The second-order valence-corrected chi connectivity index (χ2v) is 5.65. The number of nitro benzene ring substituents is 1. The Morgan fingerprint density at radius 2 is 2.30 bits per heavy atom. The fraction of sp³-hybridized carbons (Fsp3) is 0.231. The molecule has 0 saturated carbocycles. The minimum absolute atomic E-state index is 0.00708. The molecule has 1 aliphatic carbocycles. The number of thiazole rings is 1. The smallest absolute Gasteiger partial charge is 0.312 e. The monoisotopic (exact) mass is 290 g/mol. The highest BCUT2D eigenvalue weighted by Crippen LogP contribution is 2.40. The standard InChI is InChI=1S/C13H10N2O4S/c16-13(17)9-4-5-10-11(9)14-12(20-10)7-2-1-3-8(6-7)15(18)19/h1-3,6,9H,4-5H2,(H,16,17). The Bertz CT molecular complexity index is 710. The van der Waals surface area contributed by atoms with Crippen molar-refractivity contribution in [2.45, 2.75) is 18.8 Å². The topological polar surface area (TPSA) is 93.3 Å². The third kappa shape index (κ3) is 2.05. The maximum Gasteiger partial charge on any atom is 0.312 e. The van der Waals surface area contributed by atoms with Crippen LogP contribution in [0, 0.1) is 10.1 Å². The van der Waals surface area contributed by atoms with Crippen LogP contribution in [-0.4, -0.2) is 21.0 Å². The number of nitrogens with zero attached hydrogens (tertiary/aromatic N) is 2. The molecule has 1 atom stereocenters. The molecular weight excluding hydrogens is 280 g/mol. The van der Waals surface area contributed by atoms with E-state index in [-0.39, 0.29) is 5.69 Å². The normalized spacial score (nSPS) is 16.9. The van der Waals surface area contributed by atoms with E-state index in [0.29, 0.717) is 29.1 Å². The molecule has 1 aromatic heterocycles. The highest BCUT2D eigenvalue weighted by Gasteiger charge is 2.32. The Labute approximate surface area is 117 Å². The fourth-order valence-corrected chi connectivity index (χ4v) is 3.48. The summed E-state index contributed by atoms with van der Waals surface area (Å²) in [6, 6.07) is 6.24. The Morgan fingerprint density at radius 3 is 3.00 bits per heavy atom. The Balaban J connectivity index is 2.01. The molecule has 0 spiro atoms. The lowest BCUT2D eigenvalue weighted by atomic mass is 10.1. The first kappa shape index (κ1) is 12.7. The zero-order valence-electron chi connectivity index (χ0n) is 10.3. The first-order valence-corrected chi connectivity index (χ1v) is 6.85. The van der Waals surface area contributed by atoms with Gasteiger partial charge in [-0.2, -0.15) is 0 Å². The molecule has 3 rings (SSSR count). The number of benzene rings is 1. The maximum atomic E-state index is 11.1. The number of hydrogen-bond acceptors (Lipinski definition) is 5. The highest BCUT2D eigenvalue weighted by molar-refractivity contribution is 7.15. The SMILES string of the molecule is O=C(O)C1CCc2sc(-c3cccc([N+](=O)[O-])c3)nc21. The molecule has 1 heterocycles. The summed E-state index contributed by atoms with van der Waals surface area (Å²) in [5.41, 5.74) is 1.28. The number of carbonyl (C=O) groups is 1. The molecule has 1 N–H and O–H groups in total. The van der Waals surface area contributed by atoms with Crippen LogP contribution >= 0.6 is 11.3 Å². The van der Waals surface area contributed by atoms with Gasteiger partial charge in [-0.1, -0.05) is 12.1 Å². The summed E-state index contributed by atoms with van der Waals surface area (Å²) in [5.74, 6) is -1.41. The van der Waals surface area contributed by atoms with Crippen LogP contribution in [0.25, 0.3) is 10.6 Å². The molecule has 0 saturated heterocycles. The third-order valence-electron chi connectivity index (χ3n) is 3.32. The summed E-state index contributed by atoms with van der Waals surface area (Å²) in [7, 11) is 0. The average Bonchev–Trinajstić information content (AvgIpc) is 2.97. The van der Waals surface area contributed by atoms with Crippen molar-refractivity contribution in [3.63, 3.8) is 0 Å². The van der Waals surface area contributed by atoms with Gasteiger partial charge in [0.25, 0.3) is 5.69 Å². The molecule has 2 aromatic rings. The summed E-state index contributed by atoms with van der Waals surface area (Å²) in [4.78, 5) is 26.8. The van der Waals surface area contributed by atoms with E-state index >= 15 is 0 Å². The van der Waals surface area contributed by atoms with E-state index in [1.54, 1.807) is 12.1 Å². The number of aliphatic carboxylic acids is 1. The second kappa shape index (κ2) is 4.68. The molecule has 0 amide bonds. The van der Waals surface area contributed by atoms with Crippen molar-refractivity contribution >= 4 is 23.0 Å². The van der Waals surface area contributed by atoms with Crippen molar-refractivity contribution in [2.24, 2.45) is 0 Å². The predicted molar refractivity (Wildman–Crippen MR) is 72.9 cm³/mol. The Kier molecular flexibility index (Phi) is 2.98. The van der Waals surface area contributed by atoms with Crippen LogP contribution in [0.15, 0.2) is 24.3 Å². The van der Waals surface area contributed by atoms with E-state index in [1.807, 2.05) is 0 Å². The van der Waals surface area contributed by atoms with Crippen LogP contribution in [0.2, 0.25) is 0 Å². The number of non-ortho nitro benzene ring substituents is 1. The van der Waals surface area contributed by atoms with Crippen molar-refractivity contribution in [2.75, 3.05) is 0 Å². The molecule has 102 valence electrons. The Morgan fingerprint density at radius 1 is 1.50 bits per heavy atom. The quantitative estimate of drug-likeness (QED) is 0.693. The number of hydrogen-bond donors (Lipinski definition) is 1. The van der Waals surface area contributed by atoms with Gasteiger partial charge < -0.3 is 5.11 Å². The lowest BCUT2D eigenvalue weighted by Gasteiger charge is -2.01. The third-order valence-corrected chi connectivity index (χ3v) is 4.50. The van der Waals surface area contributed by atoms with Gasteiger partial charge >= 0.3 is 5.97 Å². The molecule has 0 bridgehead atoms. The molecule has 1 aliphatic rings. The summed E-state index contributed by atoms with van der Waals surface area (Å²) >= 11 is 1.42. The van der Waals surface area contributed by atoms with Crippen LogP contribution in [0.1, 0.15) is 22.9 Å². The maximum absolute atomic E-state index is 11.1. The minimum atomic E-state index is -0.861. The van der Waals surface area contributed by atoms with Gasteiger partial charge in [0.05, 0.1) is 10.6 Å². The van der Waals surface area contributed by atoms with E-state index in [4.69, 9.17) is 5.11 Å². The first-order chi connectivity index (χ1) is 9.56. The average molecular weight is 290 g/mol. The molecule has 0 fully saturated rings. The van der Waals surface area contributed by atoms with Crippen LogP contribution in [0.4, 0.5) is 5.69 Å². The van der Waals surface area contributed by atoms with Gasteiger partial charge in [0.1, 0.15) is 10.9 Å². The molecule has 0 aliphatic heterocycles.